The van der Waals surface area contributed by atoms with Crippen LogP contribution in [0.1, 0.15) is 36.3 Å². The van der Waals surface area contributed by atoms with Crippen LogP contribution in [0.3, 0.4) is 0 Å². The van der Waals surface area contributed by atoms with Crippen molar-refractivity contribution in [2.45, 2.75) is 26.0 Å². The van der Waals surface area contributed by atoms with Crippen LogP contribution in [-0.2, 0) is 6.54 Å². The van der Waals surface area contributed by atoms with Crippen LogP contribution in [0, 0.1) is 0 Å². The van der Waals surface area contributed by atoms with E-state index in [4.69, 9.17) is 4.42 Å². The standard InChI is InChI=1S/C23H23NO3.ClH/c1-16(25)22-21(19-9-5-6-10-20(19)23(26)27-22)18-11-13-24(14-12-18)15-17-7-3-2-4-8-17;/h2-11,16,25H,12-15H2,1H3;1H. The number of hydrogen-bond acceptors (Lipinski definition) is 4. The SMILES string of the molecule is CC(O)c1oc(=O)c2ccccc2c1C1=CCN(Cc2ccccc2)CC1.Cl. The summed E-state index contributed by atoms with van der Waals surface area (Å²) in [7, 11) is 0. The van der Waals surface area contributed by atoms with Crippen molar-refractivity contribution in [2.75, 3.05) is 13.1 Å². The van der Waals surface area contributed by atoms with Crippen LogP contribution in [0.15, 0.2) is 69.9 Å². The van der Waals surface area contributed by atoms with Gasteiger partial charge < -0.3 is 9.52 Å². The minimum atomic E-state index is -0.833. The van der Waals surface area contributed by atoms with Crippen molar-refractivity contribution in [1.82, 2.24) is 4.90 Å². The van der Waals surface area contributed by atoms with E-state index in [-0.39, 0.29) is 12.4 Å². The van der Waals surface area contributed by atoms with E-state index in [1.165, 1.54) is 5.56 Å². The van der Waals surface area contributed by atoms with Crippen LogP contribution in [-0.4, -0.2) is 23.1 Å². The highest BCUT2D eigenvalue weighted by Gasteiger charge is 2.22. The number of fused-ring (bicyclic) bond motifs is 1. The highest BCUT2D eigenvalue weighted by atomic mass is 35.5. The van der Waals surface area contributed by atoms with Gasteiger partial charge in [0, 0.05) is 25.2 Å². The van der Waals surface area contributed by atoms with Gasteiger partial charge >= 0.3 is 5.63 Å². The molecule has 1 aliphatic heterocycles. The number of rotatable bonds is 4. The number of nitrogens with zero attached hydrogens (tertiary/aromatic N) is 1. The van der Waals surface area contributed by atoms with Gasteiger partial charge in [0.25, 0.3) is 0 Å². The first-order valence-corrected chi connectivity index (χ1v) is 9.33. The summed E-state index contributed by atoms with van der Waals surface area (Å²) in [5, 5.41) is 11.6. The van der Waals surface area contributed by atoms with Crippen molar-refractivity contribution < 1.29 is 9.52 Å². The first-order valence-electron chi connectivity index (χ1n) is 9.33. The second kappa shape index (κ2) is 8.74. The molecule has 0 spiro atoms. The van der Waals surface area contributed by atoms with Crippen molar-refractivity contribution in [3.63, 3.8) is 0 Å². The molecule has 1 aliphatic rings. The molecule has 4 nitrogen and oxygen atoms in total. The van der Waals surface area contributed by atoms with Crippen LogP contribution < -0.4 is 5.63 Å². The molecule has 1 unspecified atom stereocenters. The normalized spacial score (nSPS) is 15.7. The Morgan fingerprint density at radius 3 is 2.39 bits per heavy atom. The van der Waals surface area contributed by atoms with Gasteiger partial charge in [0.05, 0.1) is 5.39 Å². The second-order valence-corrected chi connectivity index (χ2v) is 7.05. The zero-order valence-electron chi connectivity index (χ0n) is 15.8. The average molecular weight is 398 g/mol. The van der Waals surface area contributed by atoms with E-state index >= 15 is 0 Å². The number of halogens is 1. The third-order valence-electron chi connectivity index (χ3n) is 5.11. The van der Waals surface area contributed by atoms with E-state index in [1.807, 2.05) is 24.3 Å². The zero-order valence-corrected chi connectivity index (χ0v) is 16.6. The van der Waals surface area contributed by atoms with Gasteiger partial charge in [0.1, 0.15) is 11.9 Å². The predicted molar refractivity (Wildman–Crippen MR) is 115 cm³/mol. The molecule has 0 aliphatic carbocycles. The Labute approximate surface area is 170 Å². The summed E-state index contributed by atoms with van der Waals surface area (Å²) in [6.07, 6.45) is 2.21. The summed E-state index contributed by atoms with van der Waals surface area (Å²) in [6, 6.07) is 17.9. The Morgan fingerprint density at radius 1 is 1.07 bits per heavy atom. The van der Waals surface area contributed by atoms with Crippen LogP contribution in [0.4, 0.5) is 0 Å². The second-order valence-electron chi connectivity index (χ2n) is 7.05. The third-order valence-corrected chi connectivity index (χ3v) is 5.11. The van der Waals surface area contributed by atoms with Gasteiger partial charge in [-0.25, -0.2) is 4.79 Å². The van der Waals surface area contributed by atoms with Crippen molar-refractivity contribution in [3.05, 3.63) is 88.0 Å². The Balaban J connectivity index is 0.00000225. The first-order chi connectivity index (χ1) is 13.1. The monoisotopic (exact) mass is 397 g/mol. The van der Waals surface area contributed by atoms with Crippen molar-refractivity contribution in [3.8, 4) is 0 Å². The van der Waals surface area contributed by atoms with Gasteiger partial charge in [-0.1, -0.05) is 54.6 Å². The summed E-state index contributed by atoms with van der Waals surface area (Å²) < 4.78 is 5.50. The Morgan fingerprint density at radius 2 is 1.75 bits per heavy atom. The molecule has 2 aromatic carbocycles. The Bertz CT molecular complexity index is 1040. The van der Waals surface area contributed by atoms with Crippen LogP contribution in [0.25, 0.3) is 16.3 Å². The minimum absolute atomic E-state index is 0. The fourth-order valence-corrected chi connectivity index (χ4v) is 3.77. The maximum Gasteiger partial charge on any atom is 0.343 e. The van der Waals surface area contributed by atoms with Gasteiger partial charge in [-0.2, -0.15) is 0 Å². The van der Waals surface area contributed by atoms with E-state index in [0.717, 1.165) is 42.6 Å². The average Bonchev–Trinajstić information content (AvgIpc) is 2.69. The molecule has 1 atom stereocenters. The number of benzene rings is 2. The molecule has 5 heteroatoms. The fourth-order valence-electron chi connectivity index (χ4n) is 3.77. The highest BCUT2D eigenvalue weighted by molar-refractivity contribution is 5.94. The zero-order chi connectivity index (χ0) is 18.8. The smallest absolute Gasteiger partial charge is 0.343 e. The lowest BCUT2D eigenvalue weighted by molar-refractivity contribution is 0.164. The molecular weight excluding hydrogens is 374 g/mol. The number of aliphatic hydroxyl groups is 1. The summed E-state index contributed by atoms with van der Waals surface area (Å²) in [5.41, 5.74) is 2.91. The van der Waals surface area contributed by atoms with Crippen LogP contribution >= 0.6 is 12.4 Å². The molecule has 3 aromatic rings. The topological polar surface area (TPSA) is 53.7 Å². The summed E-state index contributed by atoms with van der Waals surface area (Å²) in [5.74, 6) is 0.362. The quantitative estimate of drug-likeness (QED) is 0.701. The lowest BCUT2D eigenvalue weighted by Gasteiger charge is -2.27. The predicted octanol–water partition coefficient (Wildman–Crippen LogP) is 4.56. The molecular formula is C23H24ClNO3. The molecule has 0 amide bonds. The Kier molecular flexibility index (Phi) is 6.35. The van der Waals surface area contributed by atoms with Gasteiger partial charge in [-0.15, -0.1) is 12.4 Å². The fraction of sp³-hybridized carbons (Fsp3) is 0.261. The van der Waals surface area contributed by atoms with Crippen LogP contribution in [0.5, 0.6) is 0 Å². The highest BCUT2D eigenvalue weighted by Crippen LogP contribution is 2.33. The first kappa shape index (κ1) is 20.3. The molecule has 0 saturated heterocycles. The Hall–Kier alpha value is -2.40. The van der Waals surface area contributed by atoms with Gasteiger partial charge in [-0.3, -0.25) is 4.90 Å². The lowest BCUT2D eigenvalue weighted by atomic mass is 9.92. The lowest BCUT2D eigenvalue weighted by Crippen LogP contribution is -2.28. The van der Waals surface area contributed by atoms with E-state index in [2.05, 4.69) is 35.2 Å². The molecule has 0 fully saturated rings. The van der Waals surface area contributed by atoms with Crippen molar-refractivity contribution >= 4 is 28.8 Å². The van der Waals surface area contributed by atoms with Gasteiger partial charge in [0.2, 0.25) is 0 Å². The number of hydrogen-bond donors (Lipinski definition) is 1. The number of aliphatic hydroxyl groups excluding tert-OH is 1. The largest absolute Gasteiger partial charge is 0.424 e. The molecule has 1 aromatic heterocycles. The summed E-state index contributed by atoms with van der Waals surface area (Å²) >= 11 is 0. The van der Waals surface area contributed by atoms with E-state index < -0.39 is 11.7 Å². The van der Waals surface area contributed by atoms with Crippen LogP contribution in [0.2, 0.25) is 0 Å². The minimum Gasteiger partial charge on any atom is -0.424 e. The summed E-state index contributed by atoms with van der Waals surface area (Å²) in [4.78, 5) is 14.7. The van der Waals surface area contributed by atoms with E-state index in [9.17, 15) is 9.90 Å². The molecule has 2 heterocycles. The maximum absolute atomic E-state index is 12.3. The van der Waals surface area contributed by atoms with Gasteiger partial charge in [0.15, 0.2) is 0 Å². The van der Waals surface area contributed by atoms with E-state index in [0.29, 0.717) is 11.1 Å². The van der Waals surface area contributed by atoms with Crippen molar-refractivity contribution in [1.29, 1.82) is 0 Å². The molecule has 28 heavy (non-hydrogen) atoms. The van der Waals surface area contributed by atoms with Crippen molar-refractivity contribution in [2.24, 2.45) is 0 Å². The maximum atomic E-state index is 12.3. The summed E-state index contributed by atoms with van der Waals surface area (Å²) in [6.45, 7) is 4.31. The molecule has 4 rings (SSSR count). The molecule has 0 saturated carbocycles. The van der Waals surface area contributed by atoms with E-state index in [1.54, 1.807) is 13.0 Å². The molecule has 0 bridgehead atoms. The molecule has 1 N–H and O–H groups in total. The third kappa shape index (κ3) is 4.04. The molecule has 146 valence electrons. The molecule has 0 radical (unpaired) electrons. The van der Waals surface area contributed by atoms with Gasteiger partial charge in [-0.05, 0) is 35.9 Å².